The minimum Gasteiger partial charge on any atom is -0.493 e. The summed E-state index contributed by atoms with van der Waals surface area (Å²) in [5, 5.41) is 1.04. The third-order valence-corrected chi connectivity index (χ3v) is 10.8. The van der Waals surface area contributed by atoms with Gasteiger partial charge in [-0.05, 0) is 93.1 Å². The van der Waals surface area contributed by atoms with Crippen LogP contribution in [0.15, 0.2) is 64.4 Å². The van der Waals surface area contributed by atoms with E-state index in [9.17, 15) is 0 Å². The van der Waals surface area contributed by atoms with Crippen molar-refractivity contribution in [2.75, 3.05) is 0 Å². The lowest BCUT2D eigenvalue weighted by atomic mass is 9.50. The summed E-state index contributed by atoms with van der Waals surface area (Å²) in [4.78, 5) is 0. The van der Waals surface area contributed by atoms with Crippen LogP contribution in [0.2, 0.25) is 0 Å². The van der Waals surface area contributed by atoms with Crippen molar-refractivity contribution in [3.8, 4) is 0 Å². The van der Waals surface area contributed by atoms with E-state index in [4.69, 9.17) is 16.3 Å². The van der Waals surface area contributed by atoms with Gasteiger partial charge in [-0.15, -0.1) is 0 Å². The predicted molar refractivity (Wildman–Crippen MR) is 135 cm³/mol. The van der Waals surface area contributed by atoms with Gasteiger partial charge in [-0.2, -0.15) is 0 Å². The van der Waals surface area contributed by atoms with Gasteiger partial charge in [0, 0.05) is 17.3 Å². The third-order valence-electron chi connectivity index (χ3n) is 10.4. The number of allylic oxidation sites excluding steroid dienone is 6. The van der Waals surface area contributed by atoms with Gasteiger partial charge in [-0.25, -0.2) is 0 Å². The number of ether oxygens (including phenoxy) is 1. The van der Waals surface area contributed by atoms with E-state index in [-0.39, 0.29) is 5.41 Å². The van der Waals surface area contributed by atoms with Crippen molar-refractivity contribution in [1.82, 2.24) is 0 Å². The van der Waals surface area contributed by atoms with Crippen molar-refractivity contribution < 1.29 is 4.74 Å². The Labute approximate surface area is 204 Å². The van der Waals surface area contributed by atoms with E-state index < -0.39 is 0 Å². The molecular formula is C31H37ClO. The quantitative estimate of drug-likeness (QED) is 0.430. The van der Waals surface area contributed by atoms with Crippen molar-refractivity contribution in [2.24, 2.45) is 29.6 Å². The molecule has 0 radical (unpaired) electrons. The second-order valence-corrected chi connectivity index (χ2v) is 12.1. The topological polar surface area (TPSA) is 9.23 Å². The van der Waals surface area contributed by atoms with E-state index in [1.165, 1.54) is 76.4 Å². The Kier molecular flexibility index (Phi) is 5.09. The second-order valence-electron chi connectivity index (χ2n) is 11.6. The lowest BCUT2D eigenvalue weighted by Gasteiger charge is -2.53. The van der Waals surface area contributed by atoms with E-state index in [2.05, 4.69) is 42.5 Å². The maximum atomic E-state index is 6.80. The average Bonchev–Trinajstić information content (AvgIpc) is 3.40. The molecule has 1 aromatic rings. The van der Waals surface area contributed by atoms with E-state index in [1.807, 2.05) is 5.57 Å². The Morgan fingerprint density at radius 3 is 2.55 bits per heavy atom. The molecule has 174 valence electrons. The highest BCUT2D eigenvalue weighted by Gasteiger charge is 2.63. The monoisotopic (exact) mass is 460 g/mol. The summed E-state index contributed by atoms with van der Waals surface area (Å²) in [6.07, 6.45) is 20.9. The van der Waals surface area contributed by atoms with Crippen molar-refractivity contribution in [2.45, 2.75) is 88.6 Å². The van der Waals surface area contributed by atoms with Crippen LogP contribution in [-0.2, 0) is 10.2 Å². The highest BCUT2D eigenvalue weighted by atomic mass is 35.5. The molecule has 0 spiro atoms. The van der Waals surface area contributed by atoms with E-state index >= 15 is 0 Å². The fraction of sp³-hybridized carbons (Fsp3) is 0.613. The molecule has 2 heteroatoms. The summed E-state index contributed by atoms with van der Waals surface area (Å²) in [5.41, 5.74) is 5.39. The van der Waals surface area contributed by atoms with Crippen molar-refractivity contribution in [1.29, 1.82) is 0 Å². The second kappa shape index (κ2) is 8.04. The van der Waals surface area contributed by atoms with Crippen LogP contribution in [0.3, 0.4) is 0 Å². The van der Waals surface area contributed by atoms with Crippen LogP contribution in [0.5, 0.6) is 0 Å². The van der Waals surface area contributed by atoms with Gasteiger partial charge in [0.25, 0.3) is 0 Å². The first-order valence-corrected chi connectivity index (χ1v) is 14.2. The molecule has 7 unspecified atom stereocenters. The summed E-state index contributed by atoms with van der Waals surface area (Å²) in [5.74, 6) is 4.57. The molecule has 1 heterocycles. The van der Waals surface area contributed by atoms with Gasteiger partial charge in [-0.1, -0.05) is 72.5 Å². The minimum absolute atomic E-state index is 0.193. The molecule has 0 bridgehead atoms. The Hall–Kier alpha value is -1.47. The van der Waals surface area contributed by atoms with Crippen LogP contribution in [0.4, 0.5) is 0 Å². The summed E-state index contributed by atoms with van der Waals surface area (Å²) in [6, 6.07) is 11.8. The van der Waals surface area contributed by atoms with Crippen LogP contribution < -0.4 is 0 Å². The van der Waals surface area contributed by atoms with Crippen molar-refractivity contribution in [3.63, 3.8) is 0 Å². The van der Waals surface area contributed by atoms with Gasteiger partial charge in [0.05, 0.1) is 5.03 Å². The van der Waals surface area contributed by atoms with Crippen LogP contribution in [0.1, 0.15) is 82.6 Å². The van der Waals surface area contributed by atoms with Crippen LogP contribution in [-0.4, -0.2) is 6.10 Å². The van der Waals surface area contributed by atoms with Crippen LogP contribution in [0, 0.1) is 29.6 Å². The zero-order valence-electron chi connectivity index (χ0n) is 19.8. The van der Waals surface area contributed by atoms with Crippen LogP contribution in [0.25, 0.3) is 0 Å². The molecule has 2 saturated carbocycles. The molecule has 1 saturated heterocycles. The average molecular weight is 461 g/mol. The first kappa shape index (κ1) is 20.9. The zero-order chi connectivity index (χ0) is 22.0. The maximum absolute atomic E-state index is 6.80. The molecule has 0 aromatic heterocycles. The number of fused-ring (bicyclic) bond motifs is 5. The van der Waals surface area contributed by atoms with E-state index in [1.54, 1.807) is 11.1 Å². The largest absolute Gasteiger partial charge is 0.493 e. The summed E-state index contributed by atoms with van der Waals surface area (Å²) in [7, 11) is 0. The lowest BCUT2D eigenvalue weighted by molar-refractivity contribution is 0.00902. The zero-order valence-corrected chi connectivity index (χ0v) is 20.5. The number of halogens is 1. The van der Waals surface area contributed by atoms with Gasteiger partial charge in [0.2, 0.25) is 0 Å². The highest BCUT2D eigenvalue weighted by Crippen LogP contribution is 2.68. The lowest BCUT2D eigenvalue weighted by Crippen LogP contribution is -2.51. The van der Waals surface area contributed by atoms with Crippen molar-refractivity contribution in [3.05, 3.63) is 70.0 Å². The molecule has 6 aliphatic rings. The Morgan fingerprint density at radius 2 is 1.64 bits per heavy atom. The van der Waals surface area contributed by atoms with Gasteiger partial charge >= 0.3 is 0 Å². The third kappa shape index (κ3) is 2.90. The Balaban J connectivity index is 1.45. The fourth-order valence-corrected chi connectivity index (χ4v) is 9.89. The minimum atomic E-state index is 0.193. The molecule has 0 amide bonds. The summed E-state index contributed by atoms with van der Waals surface area (Å²) < 4.78 is 6.74. The maximum Gasteiger partial charge on any atom is 0.114 e. The number of hydrogen-bond donors (Lipinski definition) is 0. The molecule has 5 aliphatic carbocycles. The summed E-state index contributed by atoms with van der Waals surface area (Å²) >= 11 is 6.80. The van der Waals surface area contributed by atoms with Crippen LogP contribution >= 0.6 is 11.6 Å². The summed E-state index contributed by atoms with van der Waals surface area (Å²) in [6.45, 7) is 0. The molecule has 3 fully saturated rings. The number of hydrogen-bond acceptors (Lipinski definition) is 1. The molecule has 1 aliphatic heterocycles. The van der Waals surface area contributed by atoms with Gasteiger partial charge in [0.15, 0.2) is 0 Å². The SMILES string of the molecule is ClC1=C2OC3CCCC(C4(c5ccccc5)C5=C(C=CCC5)C5CCCCC54)C3C2CCC1. The van der Waals surface area contributed by atoms with E-state index in [0.29, 0.717) is 23.9 Å². The first-order valence-electron chi connectivity index (χ1n) is 13.8. The molecule has 7 atom stereocenters. The first-order chi connectivity index (χ1) is 16.3. The highest BCUT2D eigenvalue weighted by molar-refractivity contribution is 6.29. The Bertz CT molecular complexity index is 1020. The molecular weight excluding hydrogens is 424 g/mol. The smallest absolute Gasteiger partial charge is 0.114 e. The van der Waals surface area contributed by atoms with Gasteiger partial charge in [-0.3, -0.25) is 0 Å². The molecule has 1 nitrogen and oxygen atoms in total. The number of rotatable bonds is 2. The van der Waals surface area contributed by atoms with Gasteiger partial charge < -0.3 is 4.74 Å². The molecule has 0 N–H and O–H groups in total. The molecule has 33 heavy (non-hydrogen) atoms. The predicted octanol–water partition coefficient (Wildman–Crippen LogP) is 8.46. The normalized spacial score (nSPS) is 41.8. The Morgan fingerprint density at radius 1 is 0.818 bits per heavy atom. The van der Waals surface area contributed by atoms with Gasteiger partial charge in [0.1, 0.15) is 11.9 Å². The van der Waals surface area contributed by atoms with E-state index in [0.717, 1.165) is 23.3 Å². The molecule has 7 rings (SSSR count). The fourth-order valence-electron chi connectivity index (χ4n) is 9.57. The van der Waals surface area contributed by atoms with Crippen molar-refractivity contribution >= 4 is 11.6 Å². The number of benzene rings is 1. The standard InChI is InChI=1S/C31H37ClO/c32-27-18-8-14-23-29-26(17-9-19-28(29)33-30(23)27)31(20-10-2-1-3-11-20)24-15-6-4-12-21(24)22-13-5-7-16-25(22)31/h1-4,10-12,22-23,25-26,28-29H,5-9,13-19H2. The molecule has 1 aromatic carbocycles.